The smallest absolute Gasteiger partial charge is 0.136 e. The fourth-order valence-corrected chi connectivity index (χ4v) is 8.75. The highest BCUT2D eigenvalue weighted by molar-refractivity contribution is 6.29. The molecule has 0 radical (unpaired) electrons. The van der Waals surface area contributed by atoms with Crippen LogP contribution >= 0.6 is 0 Å². The van der Waals surface area contributed by atoms with Crippen LogP contribution in [0.3, 0.4) is 0 Å². The maximum absolute atomic E-state index is 6.67. The summed E-state index contributed by atoms with van der Waals surface area (Å²) in [4.78, 5) is 0. The van der Waals surface area contributed by atoms with Crippen molar-refractivity contribution >= 4 is 65.0 Å². The Labute approximate surface area is 287 Å². The molecule has 0 spiro atoms. The van der Waals surface area contributed by atoms with Gasteiger partial charge in [-0.2, -0.15) is 0 Å². The van der Waals surface area contributed by atoms with Crippen LogP contribution in [0.5, 0.6) is 0 Å². The summed E-state index contributed by atoms with van der Waals surface area (Å²) in [6, 6.07) is 35.6. The molecule has 0 atom stereocenters. The van der Waals surface area contributed by atoms with E-state index in [1.54, 1.807) is 0 Å². The normalized spacial score (nSPS) is 12.1. The third-order valence-electron chi connectivity index (χ3n) is 12.0. The quantitative estimate of drug-likeness (QED) is 0.173. The fourth-order valence-electron chi connectivity index (χ4n) is 8.75. The molecule has 0 N–H and O–H groups in total. The Kier molecular flexibility index (Phi) is 6.40. The van der Waals surface area contributed by atoms with Crippen molar-refractivity contribution in [2.45, 2.75) is 55.4 Å². The molecule has 1 heteroatoms. The van der Waals surface area contributed by atoms with E-state index in [2.05, 4.69) is 152 Å². The van der Waals surface area contributed by atoms with E-state index in [9.17, 15) is 0 Å². The lowest BCUT2D eigenvalue weighted by atomic mass is 9.76. The molecule has 1 nitrogen and oxygen atoms in total. The Hall–Kier alpha value is -5.40. The average Bonchev–Trinajstić information content (AvgIpc) is 3.49. The van der Waals surface area contributed by atoms with Crippen molar-refractivity contribution in [2.75, 3.05) is 0 Å². The zero-order valence-electron chi connectivity index (χ0n) is 29.6. The van der Waals surface area contributed by atoms with E-state index in [1.165, 1.54) is 121 Å². The molecule has 0 aliphatic rings. The number of hydrogen-bond donors (Lipinski definition) is 0. The molecule has 0 unspecified atom stereocenters. The molecule has 0 saturated carbocycles. The molecule has 0 fully saturated rings. The number of benzene rings is 8. The minimum absolute atomic E-state index is 0.930. The van der Waals surface area contributed by atoms with E-state index in [0.29, 0.717) is 0 Å². The SMILES string of the molecule is Cc1c(C)c(C)c2c(-c3cccc4oc5cc6ccccc6cc5c34)c3c(C)c(C)c(C)c(C)c3c(-c3ccc4ccccc4c3)c2c1C. The van der Waals surface area contributed by atoms with Gasteiger partial charge in [0.15, 0.2) is 0 Å². The molecule has 238 valence electrons. The number of furan rings is 1. The van der Waals surface area contributed by atoms with Gasteiger partial charge in [-0.05, 0) is 190 Å². The van der Waals surface area contributed by atoms with Gasteiger partial charge in [0, 0.05) is 10.8 Å². The van der Waals surface area contributed by atoms with Gasteiger partial charge in [-0.3, -0.25) is 0 Å². The highest BCUT2D eigenvalue weighted by Gasteiger charge is 2.27. The zero-order chi connectivity index (χ0) is 33.9. The molecule has 0 amide bonds. The molecule has 9 rings (SSSR count). The van der Waals surface area contributed by atoms with Crippen molar-refractivity contribution in [3.8, 4) is 22.3 Å². The fraction of sp³-hybridized carbons (Fsp3) is 0.167. The summed E-state index contributed by atoms with van der Waals surface area (Å²) in [6.07, 6.45) is 0. The topological polar surface area (TPSA) is 13.1 Å². The summed E-state index contributed by atoms with van der Waals surface area (Å²) in [5, 5.41) is 12.7. The first-order valence-corrected chi connectivity index (χ1v) is 17.4. The van der Waals surface area contributed by atoms with Crippen LogP contribution < -0.4 is 0 Å². The van der Waals surface area contributed by atoms with Gasteiger partial charge in [0.05, 0.1) is 0 Å². The van der Waals surface area contributed by atoms with Crippen LogP contribution in [0.2, 0.25) is 0 Å². The second kappa shape index (κ2) is 10.5. The lowest BCUT2D eigenvalue weighted by Gasteiger charge is -2.27. The number of hydrogen-bond acceptors (Lipinski definition) is 1. The summed E-state index contributed by atoms with van der Waals surface area (Å²) in [6.45, 7) is 18.6. The molecule has 1 heterocycles. The summed E-state index contributed by atoms with van der Waals surface area (Å²) in [7, 11) is 0. The van der Waals surface area contributed by atoms with Crippen LogP contribution in [0.4, 0.5) is 0 Å². The first-order valence-electron chi connectivity index (χ1n) is 17.4. The van der Waals surface area contributed by atoms with E-state index < -0.39 is 0 Å². The van der Waals surface area contributed by atoms with E-state index in [-0.39, 0.29) is 0 Å². The minimum atomic E-state index is 0.930. The largest absolute Gasteiger partial charge is 0.456 e. The van der Waals surface area contributed by atoms with Gasteiger partial charge in [0.1, 0.15) is 11.2 Å². The molecule has 0 bridgehead atoms. The van der Waals surface area contributed by atoms with Crippen molar-refractivity contribution < 1.29 is 4.42 Å². The molecule has 8 aromatic carbocycles. The summed E-state index contributed by atoms with van der Waals surface area (Å²) < 4.78 is 6.67. The van der Waals surface area contributed by atoms with Crippen molar-refractivity contribution in [1.29, 1.82) is 0 Å². The van der Waals surface area contributed by atoms with Gasteiger partial charge in [-0.25, -0.2) is 0 Å². The Morgan fingerprint density at radius 3 is 1.41 bits per heavy atom. The highest BCUT2D eigenvalue weighted by Crippen LogP contribution is 2.52. The zero-order valence-corrected chi connectivity index (χ0v) is 29.6. The molecule has 0 aliphatic carbocycles. The number of fused-ring (bicyclic) bond motifs is 7. The molecule has 49 heavy (non-hydrogen) atoms. The first-order chi connectivity index (χ1) is 23.7. The van der Waals surface area contributed by atoms with E-state index >= 15 is 0 Å². The van der Waals surface area contributed by atoms with Crippen LogP contribution in [-0.4, -0.2) is 0 Å². The minimum Gasteiger partial charge on any atom is -0.456 e. The second-order valence-electron chi connectivity index (χ2n) is 14.3. The van der Waals surface area contributed by atoms with Crippen LogP contribution in [-0.2, 0) is 0 Å². The standard InChI is InChI=1S/C48H40O/c1-25-27(3)31(7)44-42(29(25)5)46(37-21-20-33-14-9-10-15-34(33)22-37)43-30(6)26(2)28(4)32(8)45(43)48(44)38-18-13-19-40-47(38)39-23-35-16-11-12-17-36(35)24-41(39)49-40/h9-24H,1-8H3. The van der Waals surface area contributed by atoms with Gasteiger partial charge >= 0.3 is 0 Å². The molecule has 1 aromatic heterocycles. The summed E-state index contributed by atoms with van der Waals surface area (Å²) in [5.74, 6) is 0. The first kappa shape index (κ1) is 29.7. The maximum Gasteiger partial charge on any atom is 0.136 e. The van der Waals surface area contributed by atoms with Crippen molar-refractivity contribution in [3.63, 3.8) is 0 Å². The van der Waals surface area contributed by atoms with Gasteiger partial charge in [-0.15, -0.1) is 0 Å². The average molecular weight is 633 g/mol. The maximum atomic E-state index is 6.67. The third kappa shape index (κ3) is 4.05. The lowest BCUT2D eigenvalue weighted by Crippen LogP contribution is -2.03. The molecular weight excluding hydrogens is 593 g/mol. The summed E-state index contributed by atoms with van der Waals surface area (Å²) in [5.41, 5.74) is 17.9. The van der Waals surface area contributed by atoms with E-state index in [4.69, 9.17) is 4.42 Å². The van der Waals surface area contributed by atoms with Gasteiger partial charge in [0.25, 0.3) is 0 Å². The van der Waals surface area contributed by atoms with Crippen molar-refractivity contribution in [2.24, 2.45) is 0 Å². The highest BCUT2D eigenvalue weighted by atomic mass is 16.3. The summed E-state index contributed by atoms with van der Waals surface area (Å²) >= 11 is 0. The monoisotopic (exact) mass is 632 g/mol. The van der Waals surface area contributed by atoms with Gasteiger partial charge in [0.2, 0.25) is 0 Å². The predicted octanol–water partition coefficient (Wildman–Crippen LogP) is 14.0. The molecule has 9 aromatic rings. The van der Waals surface area contributed by atoms with Crippen LogP contribution in [0, 0.1) is 55.4 Å². The molecule has 0 aliphatic heterocycles. The Balaban J connectivity index is 1.58. The molecular formula is C48H40O. The number of rotatable bonds is 2. The van der Waals surface area contributed by atoms with Crippen LogP contribution in [0.15, 0.2) is 101 Å². The third-order valence-corrected chi connectivity index (χ3v) is 12.0. The van der Waals surface area contributed by atoms with Crippen LogP contribution in [0.1, 0.15) is 44.5 Å². The van der Waals surface area contributed by atoms with Crippen molar-refractivity contribution in [3.05, 3.63) is 142 Å². The van der Waals surface area contributed by atoms with Crippen molar-refractivity contribution in [1.82, 2.24) is 0 Å². The molecule has 0 saturated heterocycles. The Morgan fingerprint density at radius 1 is 0.347 bits per heavy atom. The predicted molar refractivity (Wildman–Crippen MR) is 213 cm³/mol. The van der Waals surface area contributed by atoms with E-state index in [1.807, 2.05) is 0 Å². The Bertz CT molecular complexity index is 2810. The lowest BCUT2D eigenvalue weighted by molar-refractivity contribution is 0.669. The van der Waals surface area contributed by atoms with Crippen LogP contribution in [0.25, 0.3) is 87.3 Å². The number of aryl methyl sites for hydroxylation is 4. The van der Waals surface area contributed by atoms with Gasteiger partial charge < -0.3 is 4.42 Å². The van der Waals surface area contributed by atoms with E-state index in [0.717, 1.165) is 11.2 Å². The second-order valence-corrected chi connectivity index (χ2v) is 14.3. The van der Waals surface area contributed by atoms with Gasteiger partial charge in [-0.1, -0.05) is 72.8 Å². The Morgan fingerprint density at radius 2 is 0.837 bits per heavy atom.